The zero-order valence-corrected chi connectivity index (χ0v) is 15.3. The van der Waals surface area contributed by atoms with Gasteiger partial charge in [0.25, 0.3) is 0 Å². The highest BCUT2D eigenvalue weighted by Gasteiger charge is 2.49. The van der Waals surface area contributed by atoms with Crippen molar-refractivity contribution < 1.29 is 14.6 Å². The Morgan fingerprint density at radius 2 is 1.96 bits per heavy atom. The van der Waals surface area contributed by atoms with E-state index in [0.717, 1.165) is 29.7 Å². The van der Waals surface area contributed by atoms with Gasteiger partial charge >= 0.3 is 5.97 Å². The molecule has 2 aromatic carbocycles. The van der Waals surface area contributed by atoms with Crippen LogP contribution < -0.4 is 5.32 Å². The van der Waals surface area contributed by atoms with Crippen molar-refractivity contribution in [1.82, 2.24) is 5.32 Å². The van der Waals surface area contributed by atoms with Crippen LogP contribution >= 0.6 is 11.6 Å². The van der Waals surface area contributed by atoms with E-state index in [1.54, 1.807) is 6.07 Å². The lowest BCUT2D eigenvalue weighted by Crippen LogP contribution is -2.47. The Morgan fingerprint density at radius 3 is 2.65 bits per heavy atom. The van der Waals surface area contributed by atoms with Crippen molar-refractivity contribution in [2.75, 3.05) is 13.1 Å². The zero-order chi connectivity index (χ0) is 18.3. The van der Waals surface area contributed by atoms with Crippen LogP contribution in [0.2, 0.25) is 5.02 Å². The minimum atomic E-state index is -0.943. The lowest BCUT2D eigenvalue weighted by Gasteiger charge is -2.32. The zero-order valence-electron chi connectivity index (χ0n) is 14.5. The van der Waals surface area contributed by atoms with Crippen molar-refractivity contribution in [2.24, 2.45) is 0 Å². The van der Waals surface area contributed by atoms with Gasteiger partial charge in [0, 0.05) is 17.1 Å². The van der Waals surface area contributed by atoms with Crippen LogP contribution in [0, 0.1) is 6.92 Å². The van der Waals surface area contributed by atoms with E-state index in [0.29, 0.717) is 23.6 Å². The number of aliphatic hydroxyl groups excluding tert-OH is 1. The number of carbonyl (C=O) groups is 1. The van der Waals surface area contributed by atoms with E-state index in [-0.39, 0.29) is 11.3 Å². The van der Waals surface area contributed by atoms with Gasteiger partial charge in [-0.1, -0.05) is 41.9 Å². The third kappa shape index (κ3) is 2.70. The van der Waals surface area contributed by atoms with Gasteiger partial charge in [-0.3, -0.25) is 0 Å². The maximum atomic E-state index is 12.6. The fourth-order valence-electron chi connectivity index (χ4n) is 3.80. The molecule has 1 atom stereocenters. The molecular formula is C21H20ClNO3. The molecule has 0 aliphatic carbocycles. The highest BCUT2D eigenvalue weighted by molar-refractivity contribution is 6.34. The summed E-state index contributed by atoms with van der Waals surface area (Å²) in [7, 11) is 0. The van der Waals surface area contributed by atoms with Gasteiger partial charge < -0.3 is 15.2 Å². The van der Waals surface area contributed by atoms with Gasteiger partial charge in [0.15, 0.2) is 11.4 Å². The number of halogens is 1. The molecule has 1 spiro atoms. The molecular weight excluding hydrogens is 350 g/mol. The highest BCUT2D eigenvalue weighted by atomic mass is 35.5. The minimum absolute atomic E-state index is 0.0151. The number of hydrogen-bond acceptors (Lipinski definition) is 4. The van der Waals surface area contributed by atoms with Crippen LogP contribution in [0.4, 0.5) is 0 Å². The van der Waals surface area contributed by atoms with Gasteiger partial charge in [0.2, 0.25) is 0 Å². The van der Waals surface area contributed by atoms with Gasteiger partial charge in [0.05, 0.1) is 0 Å². The number of rotatable bonds is 2. The molecule has 0 radical (unpaired) electrons. The van der Waals surface area contributed by atoms with Crippen molar-refractivity contribution in [2.45, 2.75) is 25.4 Å². The summed E-state index contributed by atoms with van der Waals surface area (Å²) in [5.41, 5.74) is 2.68. The molecule has 4 rings (SSSR count). The van der Waals surface area contributed by atoms with E-state index < -0.39 is 11.6 Å². The quantitative estimate of drug-likeness (QED) is 0.776. The number of piperidine rings is 1. The monoisotopic (exact) mass is 369 g/mol. The van der Waals surface area contributed by atoms with E-state index in [4.69, 9.17) is 16.3 Å². The Bertz CT molecular complexity index is 899. The number of esters is 1. The lowest BCUT2D eigenvalue weighted by atomic mass is 9.88. The molecule has 134 valence electrons. The maximum absolute atomic E-state index is 12.6. The average molecular weight is 370 g/mol. The van der Waals surface area contributed by atoms with Crippen LogP contribution in [0.5, 0.6) is 0 Å². The molecule has 5 heteroatoms. The SMILES string of the molecule is Cc1cc(-c2ccccc2)c(Cl)cc1C1=C(O)C2(CCCNC2)OC1=O. The Kier molecular flexibility index (Phi) is 4.25. The summed E-state index contributed by atoms with van der Waals surface area (Å²) in [6, 6.07) is 13.5. The van der Waals surface area contributed by atoms with Crippen LogP contribution in [0.15, 0.2) is 48.2 Å². The summed E-state index contributed by atoms with van der Waals surface area (Å²) < 4.78 is 5.61. The molecule has 0 amide bonds. The fraction of sp³-hybridized carbons (Fsp3) is 0.286. The van der Waals surface area contributed by atoms with Crippen LogP contribution in [-0.4, -0.2) is 29.8 Å². The maximum Gasteiger partial charge on any atom is 0.343 e. The number of benzene rings is 2. The summed E-state index contributed by atoms with van der Waals surface area (Å²) in [6.45, 7) is 3.21. The summed E-state index contributed by atoms with van der Waals surface area (Å²) in [6.07, 6.45) is 1.47. The smallest absolute Gasteiger partial charge is 0.343 e. The minimum Gasteiger partial charge on any atom is -0.507 e. The number of ether oxygens (including phenoxy) is 1. The molecule has 2 N–H and O–H groups in total. The second kappa shape index (κ2) is 6.45. The van der Waals surface area contributed by atoms with Crippen LogP contribution in [-0.2, 0) is 9.53 Å². The van der Waals surface area contributed by atoms with Crippen LogP contribution in [0.3, 0.4) is 0 Å². The van der Waals surface area contributed by atoms with Gasteiger partial charge in [0.1, 0.15) is 5.57 Å². The molecule has 1 fully saturated rings. The summed E-state index contributed by atoms with van der Waals surface area (Å²) in [4.78, 5) is 12.6. The molecule has 26 heavy (non-hydrogen) atoms. The van der Waals surface area contributed by atoms with E-state index in [9.17, 15) is 9.90 Å². The Hall–Kier alpha value is -2.30. The molecule has 2 heterocycles. The van der Waals surface area contributed by atoms with Crippen LogP contribution in [0.1, 0.15) is 24.0 Å². The standard InChI is InChI=1S/C21H20ClNO3/c1-13-10-16(14-6-3-2-4-7-14)17(22)11-15(13)18-19(24)21(26-20(18)25)8-5-9-23-12-21/h2-4,6-7,10-11,23-24H,5,8-9,12H2,1H3. The first kappa shape index (κ1) is 17.1. The third-order valence-corrected chi connectivity index (χ3v) is 5.49. The predicted octanol–water partition coefficient (Wildman–Crippen LogP) is 4.26. The number of hydrogen-bond donors (Lipinski definition) is 2. The number of aliphatic hydroxyl groups is 1. The first-order valence-electron chi connectivity index (χ1n) is 8.75. The second-order valence-corrected chi connectivity index (χ2v) is 7.31. The number of carbonyl (C=O) groups excluding carboxylic acids is 1. The average Bonchev–Trinajstić information content (AvgIpc) is 2.88. The van der Waals surface area contributed by atoms with Crippen molar-refractivity contribution in [1.29, 1.82) is 0 Å². The Labute approximate surface area is 157 Å². The van der Waals surface area contributed by atoms with E-state index >= 15 is 0 Å². The molecule has 2 aromatic rings. The summed E-state index contributed by atoms with van der Waals surface area (Å²) in [5.74, 6) is -0.473. The lowest BCUT2D eigenvalue weighted by molar-refractivity contribution is -0.148. The van der Waals surface area contributed by atoms with Gasteiger partial charge in [-0.25, -0.2) is 4.79 Å². The van der Waals surface area contributed by atoms with Crippen molar-refractivity contribution in [3.63, 3.8) is 0 Å². The predicted molar refractivity (Wildman–Crippen MR) is 102 cm³/mol. The van der Waals surface area contributed by atoms with Crippen molar-refractivity contribution >= 4 is 23.1 Å². The Morgan fingerprint density at radius 1 is 1.19 bits per heavy atom. The van der Waals surface area contributed by atoms with Crippen LogP contribution in [0.25, 0.3) is 16.7 Å². The summed E-state index contributed by atoms with van der Waals surface area (Å²) in [5, 5.41) is 14.6. The fourth-order valence-corrected chi connectivity index (χ4v) is 4.07. The Balaban J connectivity index is 1.81. The molecule has 2 aliphatic rings. The normalized spacial score (nSPS) is 22.8. The highest BCUT2D eigenvalue weighted by Crippen LogP contribution is 2.42. The van der Waals surface area contributed by atoms with E-state index in [1.807, 2.05) is 43.3 Å². The van der Waals surface area contributed by atoms with Crippen molar-refractivity contribution in [3.05, 3.63) is 64.4 Å². The summed E-state index contributed by atoms with van der Waals surface area (Å²) >= 11 is 6.52. The van der Waals surface area contributed by atoms with Crippen molar-refractivity contribution in [3.8, 4) is 11.1 Å². The number of aryl methyl sites for hydroxylation is 1. The largest absolute Gasteiger partial charge is 0.507 e. The molecule has 4 nitrogen and oxygen atoms in total. The van der Waals surface area contributed by atoms with Gasteiger partial charge in [-0.05, 0) is 55.1 Å². The van der Waals surface area contributed by atoms with Gasteiger partial charge in [-0.2, -0.15) is 0 Å². The third-order valence-electron chi connectivity index (χ3n) is 5.17. The molecule has 0 aromatic heterocycles. The van der Waals surface area contributed by atoms with E-state index in [2.05, 4.69) is 5.32 Å². The van der Waals surface area contributed by atoms with E-state index in [1.165, 1.54) is 0 Å². The second-order valence-electron chi connectivity index (χ2n) is 6.90. The molecule has 0 bridgehead atoms. The molecule has 0 saturated carbocycles. The number of nitrogens with one attached hydrogen (secondary N) is 1. The van der Waals surface area contributed by atoms with Gasteiger partial charge in [-0.15, -0.1) is 0 Å². The first-order chi connectivity index (χ1) is 12.5. The molecule has 2 aliphatic heterocycles. The first-order valence-corrected chi connectivity index (χ1v) is 9.13. The molecule has 1 unspecified atom stereocenters. The topological polar surface area (TPSA) is 58.6 Å². The molecule has 1 saturated heterocycles.